The van der Waals surface area contributed by atoms with Gasteiger partial charge in [-0.3, -0.25) is 14.5 Å². The largest absolute Gasteiger partial charge is 0.379 e. The van der Waals surface area contributed by atoms with E-state index in [4.69, 9.17) is 4.74 Å². The Bertz CT molecular complexity index is 673. The third-order valence-electron chi connectivity index (χ3n) is 5.39. The van der Waals surface area contributed by atoms with Gasteiger partial charge in [0.1, 0.15) is 6.04 Å². The number of fused-ring (bicyclic) bond motifs is 1. The summed E-state index contributed by atoms with van der Waals surface area (Å²) in [5.74, 6) is 0.0885. The van der Waals surface area contributed by atoms with Crippen LogP contribution < -0.4 is 16.0 Å². The molecule has 27 heavy (non-hydrogen) atoms. The molecule has 148 valence electrons. The summed E-state index contributed by atoms with van der Waals surface area (Å²) >= 11 is 0. The first kappa shape index (κ1) is 19.6. The quantitative estimate of drug-likeness (QED) is 0.635. The summed E-state index contributed by atoms with van der Waals surface area (Å²) in [6.45, 7) is 9.23. The molecule has 0 aliphatic carbocycles. The predicted octanol–water partition coefficient (Wildman–Crippen LogP) is 1.92. The molecule has 2 atom stereocenters. The van der Waals surface area contributed by atoms with Gasteiger partial charge < -0.3 is 20.7 Å². The standard InChI is InChI=1S/C20H30N4O3/c1-3-14(2)18-20(26)23-17-13-15(5-6-16(17)22-18)19(25)21-7-4-8-24-9-11-27-12-10-24/h5-6,13-14,18,22H,3-4,7-12H2,1-2H3,(H,21,25)(H,23,26)/t14-,18+/m1/s1. The summed E-state index contributed by atoms with van der Waals surface area (Å²) in [5, 5.41) is 9.19. The number of benzene rings is 1. The Balaban J connectivity index is 1.51. The molecule has 2 heterocycles. The van der Waals surface area contributed by atoms with Gasteiger partial charge in [-0.25, -0.2) is 0 Å². The van der Waals surface area contributed by atoms with E-state index in [0.717, 1.165) is 51.4 Å². The van der Waals surface area contributed by atoms with Crippen molar-refractivity contribution in [2.24, 2.45) is 5.92 Å². The minimum Gasteiger partial charge on any atom is -0.379 e. The molecule has 1 fully saturated rings. The lowest BCUT2D eigenvalue weighted by Crippen LogP contribution is -2.43. The van der Waals surface area contributed by atoms with Crippen LogP contribution in [0.2, 0.25) is 0 Å². The number of amides is 2. The number of carbonyl (C=O) groups is 2. The number of rotatable bonds is 7. The zero-order valence-electron chi connectivity index (χ0n) is 16.2. The van der Waals surface area contributed by atoms with E-state index in [1.54, 1.807) is 12.1 Å². The van der Waals surface area contributed by atoms with Crippen LogP contribution in [0.4, 0.5) is 11.4 Å². The molecule has 0 unspecified atom stereocenters. The molecule has 0 spiro atoms. The minimum absolute atomic E-state index is 0.0417. The molecule has 1 aromatic rings. The molecule has 7 heteroatoms. The normalized spacial score (nSPS) is 21.0. The Hall–Kier alpha value is -2.12. The van der Waals surface area contributed by atoms with Gasteiger partial charge in [-0.05, 0) is 37.1 Å². The molecule has 3 rings (SSSR count). The number of ether oxygens (including phenoxy) is 1. The monoisotopic (exact) mass is 374 g/mol. The molecule has 0 radical (unpaired) electrons. The third-order valence-corrected chi connectivity index (χ3v) is 5.39. The van der Waals surface area contributed by atoms with Gasteiger partial charge >= 0.3 is 0 Å². The molecule has 1 aromatic carbocycles. The topological polar surface area (TPSA) is 82.7 Å². The Labute approximate surface area is 160 Å². The van der Waals surface area contributed by atoms with E-state index in [2.05, 4.69) is 34.7 Å². The highest BCUT2D eigenvalue weighted by Crippen LogP contribution is 2.30. The molecule has 1 saturated heterocycles. The molecule has 2 amide bonds. The van der Waals surface area contributed by atoms with Gasteiger partial charge in [0.15, 0.2) is 0 Å². The number of carbonyl (C=O) groups excluding carboxylic acids is 2. The Morgan fingerprint density at radius 2 is 2.11 bits per heavy atom. The molecular weight excluding hydrogens is 344 g/mol. The van der Waals surface area contributed by atoms with Crippen LogP contribution in [0.3, 0.4) is 0 Å². The zero-order chi connectivity index (χ0) is 19.2. The van der Waals surface area contributed by atoms with Crippen LogP contribution in [0.1, 0.15) is 37.0 Å². The summed E-state index contributed by atoms with van der Waals surface area (Å²) < 4.78 is 5.33. The number of hydrogen-bond acceptors (Lipinski definition) is 5. The van der Waals surface area contributed by atoms with E-state index in [-0.39, 0.29) is 23.8 Å². The van der Waals surface area contributed by atoms with E-state index in [1.807, 2.05) is 6.07 Å². The predicted molar refractivity (Wildman–Crippen MR) is 106 cm³/mol. The summed E-state index contributed by atoms with van der Waals surface area (Å²) in [6, 6.07) is 5.17. The van der Waals surface area contributed by atoms with Gasteiger partial charge in [-0.2, -0.15) is 0 Å². The first-order valence-electron chi connectivity index (χ1n) is 9.88. The van der Waals surface area contributed by atoms with Crippen LogP contribution in [-0.2, 0) is 9.53 Å². The smallest absolute Gasteiger partial charge is 0.251 e. The second kappa shape index (κ2) is 9.19. The lowest BCUT2D eigenvalue weighted by molar-refractivity contribution is -0.118. The zero-order valence-corrected chi connectivity index (χ0v) is 16.2. The molecule has 2 aliphatic heterocycles. The van der Waals surface area contributed by atoms with Gasteiger partial charge in [0.05, 0.1) is 24.6 Å². The highest BCUT2D eigenvalue weighted by Gasteiger charge is 2.29. The third kappa shape index (κ3) is 4.99. The van der Waals surface area contributed by atoms with Crippen LogP contribution in [0.5, 0.6) is 0 Å². The van der Waals surface area contributed by atoms with Crippen LogP contribution in [0.15, 0.2) is 18.2 Å². The van der Waals surface area contributed by atoms with Crippen molar-refractivity contribution >= 4 is 23.2 Å². The summed E-state index contributed by atoms with van der Waals surface area (Å²) in [4.78, 5) is 27.1. The Morgan fingerprint density at radius 1 is 1.33 bits per heavy atom. The van der Waals surface area contributed by atoms with E-state index in [1.165, 1.54) is 0 Å². The van der Waals surface area contributed by atoms with E-state index in [0.29, 0.717) is 17.8 Å². The minimum atomic E-state index is -0.234. The van der Waals surface area contributed by atoms with Crippen molar-refractivity contribution in [1.29, 1.82) is 0 Å². The van der Waals surface area contributed by atoms with Crippen LogP contribution >= 0.6 is 0 Å². The average molecular weight is 374 g/mol. The van der Waals surface area contributed by atoms with Crippen molar-refractivity contribution in [3.8, 4) is 0 Å². The van der Waals surface area contributed by atoms with Crippen LogP contribution in [-0.4, -0.2) is 62.1 Å². The van der Waals surface area contributed by atoms with Gasteiger partial charge in [0, 0.05) is 25.2 Å². The Kier molecular flexibility index (Phi) is 6.68. The highest BCUT2D eigenvalue weighted by molar-refractivity contribution is 6.05. The molecule has 3 N–H and O–H groups in total. The van der Waals surface area contributed by atoms with Gasteiger partial charge in [-0.1, -0.05) is 20.3 Å². The van der Waals surface area contributed by atoms with Gasteiger partial charge in [0.25, 0.3) is 5.91 Å². The number of nitrogens with zero attached hydrogens (tertiary/aromatic N) is 1. The fourth-order valence-electron chi connectivity index (χ4n) is 3.43. The maximum absolute atomic E-state index is 12.4. The molecule has 0 saturated carbocycles. The lowest BCUT2D eigenvalue weighted by Gasteiger charge is -2.30. The second-order valence-electron chi connectivity index (χ2n) is 7.32. The summed E-state index contributed by atoms with van der Waals surface area (Å²) in [6.07, 6.45) is 1.83. The van der Waals surface area contributed by atoms with Gasteiger partial charge in [0.2, 0.25) is 5.91 Å². The number of anilines is 2. The van der Waals surface area contributed by atoms with Gasteiger partial charge in [-0.15, -0.1) is 0 Å². The van der Waals surface area contributed by atoms with Crippen molar-refractivity contribution in [2.75, 3.05) is 50.0 Å². The van der Waals surface area contributed by atoms with Crippen molar-refractivity contribution in [3.63, 3.8) is 0 Å². The lowest BCUT2D eigenvalue weighted by atomic mass is 9.95. The summed E-state index contributed by atoms with van der Waals surface area (Å²) in [5.41, 5.74) is 2.09. The fraction of sp³-hybridized carbons (Fsp3) is 0.600. The van der Waals surface area contributed by atoms with E-state index >= 15 is 0 Å². The Morgan fingerprint density at radius 3 is 2.85 bits per heavy atom. The molecular formula is C20H30N4O3. The van der Waals surface area contributed by atoms with Crippen molar-refractivity contribution in [1.82, 2.24) is 10.2 Å². The number of morpholine rings is 1. The first-order valence-corrected chi connectivity index (χ1v) is 9.88. The first-order chi connectivity index (χ1) is 13.1. The van der Waals surface area contributed by atoms with Crippen molar-refractivity contribution in [3.05, 3.63) is 23.8 Å². The maximum atomic E-state index is 12.4. The molecule has 2 aliphatic rings. The van der Waals surface area contributed by atoms with E-state index in [9.17, 15) is 9.59 Å². The second-order valence-corrected chi connectivity index (χ2v) is 7.32. The van der Waals surface area contributed by atoms with Crippen LogP contribution in [0, 0.1) is 5.92 Å². The molecule has 7 nitrogen and oxygen atoms in total. The maximum Gasteiger partial charge on any atom is 0.251 e. The van der Waals surface area contributed by atoms with Crippen molar-refractivity contribution in [2.45, 2.75) is 32.7 Å². The number of hydrogen-bond donors (Lipinski definition) is 3. The highest BCUT2D eigenvalue weighted by atomic mass is 16.5. The molecule has 0 bridgehead atoms. The number of nitrogens with one attached hydrogen (secondary N) is 3. The van der Waals surface area contributed by atoms with Crippen LogP contribution in [0.25, 0.3) is 0 Å². The molecule has 0 aromatic heterocycles. The van der Waals surface area contributed by atoms with E-state index < -0.39 is 0 Å². The van der Waals surface area contributed by atoms with Crippen molar-refractivity contribution < 1.29 is 14.3 Å². The average Bonchev–Trinajstić information content (AvgIpc) is 2.70. The summed E-state index contributed by atoms with van der Waals surface area (Å²) in [7, 11) is 0. The fourth-order valence-corrected chi connectivity index (χ4v) is 3.43. The SMILES string of the molecule is CC[C@@H](C)[C@@H]1Nc2ccc(C(=O)NCCCN3CCOCC3)cc2NC1=O.